The molecule has 0 spiro atoms. The van der Waals surface area contributed by atoms with Gasteiger partial charge in [0.05, 0.1) is 19.3 Å². The van der Waals surface area contributed by atoms with Crippen LogP contribution < -0.4 is 5.32 Å². The van der Waals surface area contributed by atoms with Crippen LogP contribution in [0.15, 0.2) is 16.8 Å². The van der Waals surface area contributed by atoms with E-state index in [2.05, 4.69) is 5.32 Å². The molecule has 0 fully saturated rings. The molecule has 1 rings (SSSR count). The molecule has 0 aliphatic carbocycles. The number of hydrogen-bond acceptors (Lipinski definition) is 5. The third kappa shape index (κ3) is 3.84. The van der Waals surface area contributed by atoms with Crippen molar-refractivity contribution in [3.63, 3.8) is 0 Å². The predicted molar refractivity (Wildman–Crippen MR) is 64.4 cm³/mol. The summed E-state index contributed by atoms with van der Waals surface area (Å²) in [5.41, 5.74) is 0.362. The molecular formula is C11H19NO3S. The lowest BCUT2D eigenvalue weighted by Crippen LogP contribution is -2.39. The van der Waals surface area contributed by atoms with Gasteiger partial charge >= 0.3 is 0 Å². The fourth-order valence-corrected chi connectivity index (χ4v) is 1.96. The van der Waals surface area contributed by atoms with E-state index in [0.29, 0.717) is 13.1 Å². The van der Waals surface area contributed by atoms with Crippen LogP contribution in [0, 0.1) is 5.41 Å². The van der Waals surface area contributed by atoms with Gasteiger partial charge in [-0.05, 0) is 22.4 Å². The number of rotatable bonds is 7. The highest BCUT2D eigenvalue weighted by atomic mass is 32.1. The Morgan fingerprint density at radius 1 is 1.44 bits per heavy atom. The van der Waals surface area contributed by atoms with Crippen LogP contribution in [0.25, 0.3) is 0 Å². The van der Waals surface area contributed by atoms with Crippen LogP contribution in [0.5, 0.6) is 0 Å². The molecule has 0 radical (unpaired) electrons. The second-order valence-electron chi connectivity index (χ2n) is 4.33. The Labute approximate surface area is 99.6 Å². The average molecular weight is 245 g/mol. The van der Waals surface area contributed by atoms with Crippen molar-refractivity contribution in [1.29, 1.82) is 0 Å². The zero-order chi connectivity index (χ0) is 12.0. The zero-order valence-electron chi connectivity index (χ0n) is 9.39. The van der Waals surface area contributed by atoms with Gasteiger partial charge in [0.2, 0.25) is 0 Å². The van der Waals surface area contributed by atoms with Crippen LogP contribution in [-0.2, 0) is 0 Å². The van der Waals surface area contributed by atoms with Crippen molar-refractivity contribution in [2.24, 2.45) is 5.41 Å². The topological polar surface area (TPSA) is 72.7 Å². The van der Waals surface area contributed by atoms with Crippen LogP contribution in [0.3, 0.4) is 0 Å². The molecule has 92 valence electrons. The van der Waals surface area contributed by atoms with Crippen LogP contribution in [0.4, 0.5) is 0 Å². The summed E-state index contributed by atoms with van der Waals surface area (Å²) in [4.78, 5) is 0. The van der Waals surface area contributed by atoms with Crippen molar-refractivity contribution in [3.05, 3.63) is 22.4 Å². The normalized spacial score (nSPS) is 14.0. The Morgan fingerprint density at radius 2 is 2.12 bits per heavy atom. The third-order valence-electron chi connectivity index (χ3n) is 2.58. The van der Waals surface area contributed by atoms with Gasteiger partial charge in [0, 0.05) is 18.5 Å². The molecular weight excluding hydrogens is 226 g/mol. The maximum absolute atomic E-state index is 9.77. The van der Waals surface area contributed by atoms with Gasteiger partial charge in [0.25, 0.3) is 0 Å². The minimum atomic E-state index is -0.534. The molecule has 0 bridgehead atoms. The van der Waals surface area contributed by atoms with Crippen molar-refractivity contribution in [3.8, 4) is 0 Å². The zero-order valence-corrected chi connectivity index (χ0v) is 10.2. The van der Waals surface area contributed by atoms with Crippen LogP contribution >= 0.6 is 11.3 Å². The molecule has 1 heterocycles. The van der Waals surface area contributed by atoms with Gasteiger partial charge in [0.1, 0.15) is 0 Å². The van der Waals surface area contributed by atoms with Crippen LogP contribution in [0.1, 0.15) is 18.6 Å². The molecule has 4 N–H and O–H groups in total. The maximum atomic E-state index is 9.77. The predicted octanol–water partition coefficient (Wildman–Crippen LogP) is 0.362. The van der Waals surface area contributed by atoms with E-state index < -0.39 is 11.5 Å². The van der Waals surface area contributed by atoms with Gasteiger partial charge in [-0.25, -0.2) is 0 Å². The molecule has 1 atom stereocenters. The van der Waals surface area contributed by atoms with Gasteiger partial charge < -0.3 is 20.6 Å². The summed E-state index contributed by atoms with van der Waals surface area (Å²) in [7, 11) is 0. The number of aliphatic hydroxyl groups is 3. The molecule has 0 amide bonds. The lowest BCUT2D eigenvalue weighted by Gasteiger charge is -2.25. The van der Waals surface area contributed by atoms with E-state index in [1.54, 1.807) is 18.3 Å². The summed E-state index contributed by atoms with van der Waals surface area (Å²) < 4.78 is 0. The first-order valence-electron chi connectivity index (χ1n) is 5.24. The summed E-state index contributed by atoms with van der Waals surface area (Å²) in [5.74, 6) is 0. The number of aliphatic hydroxyl groups excluding tert-OH is 3. The smallest absolute Gasteiger partial charge is 0.0922 e. The molecule has 0 aliphatic heterocycles. The SMILES string of the molecule is CC(CO)(CO)CNCC(O)c1ccsc1. The molecule has 0 aromatic carbocycles. The summed E-state index contributed by atoms with van der Waals surface area (Å²) in [6.07, 6.45) is -0.534. The highest BCUT2D eigenvalue weighted by molar-refractivity contribution is 7.07. The van der Waals surface area contributed by atoms with E-state index in [4.69, 9.17) is 10.2 Å². The highest BCUT2D eigenvalue weighted by Gasteiger charge is 2.22. The van der Waals surface area contributed by atoms with E-state index in [1.807, 2.05) is 16.8 Å². The molecule has 0 saturated carbocycles. The van der Waals surface area contributed by atoms with Crippen molar-refractivity contribution in [2.45, 2.75) is 13.0 Å². The summed E-state index contributed by atoms with van der Waals surface area (Å²) in [6.45, 7) is 2.53. The fraction of sp³-hybridized carbons (Fsp3) is 0.636. The molecule has 0 aliphatic rings. The number of hydrogen-bond donors (Lipinski definition) is 4. The van der Waals surface area contributed by atoms with Crippen molar-refractivity contribution >= 4 is 11.3 Å². The van der Waals surface area contributed by atoms with Gasteiger partial charge in [-0.15, -0.1) is 0 Å². The first kappa shape index (κ1) is 13.6. The van der Waals surface area contributed by atoms with Crippen molar-refractivity contribution < 1.29 is 15.3 Å². The Morgan fingerprint density at radius 3 is 2.62 bits per heavy atom. The fourth-order valence-electron chi connectivity index (χ4n) is 1.25. The Bertz CT molecular complexity index is 285. The standard InChI is InChI=1S/C11H19NO3S/c1-11(7-13,8-14)6-12-4-10(15)9-2-3-16-5-9/h2-3,5,10,12-15H,4,6-8H2,1H3. The largest absolute Gasteiger partial charge is 0.396 e. The molecule has 4 nitrogen and oxygen atoms in total. The lowest BCUT2D eigenvalue weighted by molar-refractivity contribution is 0.0655. The second kappa shape index (κ2) is 6.32. The lowest BCUT2D eigenvalue weighted by atomic mass is 9.93. The number of nitrogens with one attached hydrogen (secondary N) is 1. The monoisotopic (exact) mass is 245 g/mol. The summed E-state index contributed by atoms with van der Waals surface area (Å²) in [6, 6.07) is 1.88. The van der Waals surface area contributed by atoms with Crippen LogP contribution in [0.2, 0.25) is 0 Å². The second-order valence-corrected chi connectivity index (χ2v) is 5.11. The maximum Gasteiger partial charge on any atom is 0.0922 e. The van der Waals surface area contributed by atoms with E-state index in [1.165, 1.54) is 0 Å². The summed E-state index contributed by atoms with van der Waals surface area (Å²) >= 11 is 1.55. The minimum absolute atomic E-state index is 0.0783. The Balaban J connectivity index is 2.30. The number of thiophene rings is 1. The third-order valence-corrected chi connectivity index (χ3v) is 3.28. The van der Waals surface area contributed by atoms with E-state index >= 15 is 0 Å². The quantitative estimate of drug-likeness (QED) is 0.560. The van der Waals surface area contributed by atoms with E-state index in [9.17, 15) is 5.11 Å². The van der Waals surface area contributed by atoms with Gasteiger partial charge in [-0.3, -0.25) is 0 Å². The van der Waals surface area contributed by atoms with Gasteiger partial charge in [-0.1, -0.05) is 6.92 Å². The molecule has 16 heavy (non-hydrogen) atoms. The van der Waals surface area contributed by atoms with Crippen molar-refractivity contribution in [2.75, 3.05) is 26.3 Å². The Kier molecular flexibility index (Phi) is 5.37. The van der Waals surface area contributed by atoms with Crippen LogP contribution in [-0.4, -0.2) is 41.6 Å². The van der Waals surface area contributed by atoms with Gasteiger partial charge in [0.15, 0.2) is 0 Å². The molecule has 1 unspecified atom stereocenters. The minimum Gasteiger partial charge on any atom is -0.396 e. The van der Waals surface area contributed by atoms with E-state index in [-0.39, 0.29) is 13.2 Å². The van der Waals surface area contributed by atoms with Gasteiger partial charge in [-0.2, -0.15) is 11.3 Å². The first-order chi connectivity index (χ1) is 7.61. The first-order valence-corrected chi connectivity index (χ1v) is 6.18. The molecule has 1 aromatic rings. The molecule has 1 aromatic heterocycles. The molecule has 0 saturated heterocycles. The highest BCUT2D eigenvalue weighted by Crippen LogP contribution is 2.16. The van der Waals surface area contributed by atoms with E-state index in [0.717, 1.165) is 5.56 Å². The van der Waals surface area contributed by atoms with Crippen molar-refractivity contribution in [1.82, 2.24) is 5.32 Å². The Hall–Kier alpha value is -0.460. The molecule has 5 heteroatoms. The average Bonchev–Trinajstić information content (AvgIpc) is 2.82. The summed E-state index contributed by atoms with van der Waals surface area (Å²) in [5, 5.41) is 34.8.